The average Bonchev–Trinajstić information content (AvgIpc) is 0.747. The Hall–Kier alpha value is -11.8. The number of methoxy groups -OCH3 is 2. The highest BCUT2D eigenvalue weighted by Gasteiger charge is 2.33. The molecule has 0 aromatic heterocycles. The number of rotatable bonds is 14. The van der Waals surface area contributed by atoms with E-state index in [0.29, 0.717) is 59.8 Å². The van der Waals surface area contributed by atoms with Crippen LogP contribution in [0.15, 0.2) is 218 Å². The summed E-state index contributed by atoms with van der Waals surface area (Å²) in [6.45, 7) is 25.3. The van der Waals surface area contributed by atoms with Crippen LogP contribution in [0.4, 0.5) is 0 Å². The molecule has 0 spiro atoms. The van der Waals surface area contributed by atoms with Gasteiger partial charge in [-0.3, -0.25) is 9.59 Å². The first-order valence-corrected chi connectivity index (χ1v) is 38.0. The number of hydrogen-bond acceptors (Lipinski definition) is 10. The van der Waals surface area contributed by atoms with Crippen LogP contribution in [0.1, 0.15) is 182 Å². The second-order valence-corrected chi connectivity index (χ2v) is 33.7. The zero-order valence-corrected chi connectivity index (χ0v) is 65.4. The molecule has 0 unspecified atom stereocenters. The topological polar surface area (TPSA) is 130 Å². The van der Waals surface area contributed by atoms with Crippen molar-refractivity contribution in [2.45, 2.75) is 144 Å². The highest BCUT2D eigenvalue weighted by Crippen LogP contribution is 2.46. The number of hydroxylamine groups is 4. The van der Waals surface area contributed by atoms with Crippen molar-refractivity contribution >= 4 is 88.4 Å². The number of hydrogen-bond donors (Lipinski definition) is 0. The standard InChI is InChI=1S/C98H94N2O10/c1-95(2,3)77-47-69-43-73-51-79(97(7,8)9)53-75(91(73)107-57-83(101)99(109-93(103)65-23-17-15-18-24-65)55-67-37-35-63-33-31-59-27-21-29-61-39-41-81(67)87(63)85(59)61)45-71-49-78(96(4,5)6)50-72(90(71)106-14)46-76-54-80(98(10,11)12)52-74(44-70(48-77)89(69)105-13)92(76)108-58-84(102)100(110-94(104)66-25-19-16-20-26-66)56-68-38-36-64-34-32-60-28-22-30-62-40-42-82(68)88(64)86(60)62/h15-42,47-54H,43-46,55-58H2,1-14H3. The van der Waals surface area contributed by atoms with Gasteiger partial charge in [-0.15, -0.1) is 0 Å². The van der Waals surface area contributed by atoms with Crippen LogP contribution in [-0.4, -0.2) is 61.3 Å². The molecule has 110 heavy (non-hydrogen) atoms. The third kappa shape index (κ3) is 14.6. The van der Waals surface area contributed by atoms with Crippen LogP contribution in [0.5, 0.6) is 23.0 Å². The molecule has 1 aliphatic rings. The van der Waals surface area contributed by atoms with Crippen LogP contribution in [0.25, 0.3) is 64.6 Å². The summed E-state index contributed by atoms with van der Waals surface area (Å²) in [6, 6.07) is 72.8. The first-order valence-electron chi connectivity index (χ1n) is 38.0. The third-order valence-electron chi connectivity index (χ3n) is 21.9. The number of amides is 2. The van der Waals surface area contributed by atoms with E-state index in [4.69, 9.17) is 28.6 Å². The van der Waals surface area contributed by atoms with Gasteiger partial charge in [0.2, 0.25) is 0 Å². The summed E-state index contributed by atoms with van der Waals surface area (Å²) < 4.78 is 28.0. The summed E-state index contributed by atoms with van der Waals surface area (Å²) in [6.07, 6.45) is 1.20. The molecule has 12 heteroatoms. The minimum Gasteiger partial charge on any atom is -0.496 e. The van der Waals surface area contributed by atoms with Crippen LogP contribution >= 0.6 is 0 Å². The Morgan fingerprint density at radius 1 is 0.309 bits per heavy atom. The Morgan fingerprint density at radius 3 is 0.855 bits per heavy atom. The molecule has 15 rings (SSSR count). The normalized spacial score (nSPS) is 12.8. The second-order valence-electron chi connectivity index (χ2n) is 33.7. The molecule has 12 nitrogen and oxygen atoms in total. The Balaban J connectivity index is 0.868. The van der Waals surface area contributed by atoms with Crippen LogP contribution in [-0.2, 0) is 79.7 Å². The number of ether oxygens (including phenoxy) is 4. The maximum atomic E-state index is 15.7. The van der Waals surface area contributed by atoms with E-state index in [-0.39, 0.29) is 34.7 Å². The Labute approximate surface area is 644 Å². The molecule has 0 radical (unpaired) electrons. The van der Waals surface area contributed by atoms with Crippen molar-refractivity contribution < 1.29 is 47.8 Å². The smallest absolute Gasteiger partial charge is 0.363 e. The zero-order valence-electron chi connectivity index (χ0n) is 65.4. The zero-order chi connectivity index (χ0) is 77.3. The van der Waals surface area contributed by atoms with Gasteiger partial charge in [-0.1, -0.05) is 277 Å². The summed E-state index contributed by atoms with van der Waals surface area (Å²) in [5.41, 5.74) is 11.7. The molecule has 0 saturated carbocycles. The highest BCUT2D eigenvalue weighted by molar-refractivity contribution is 6.24. The van der Waals surface area contributed by atoms with E-state index in [2.05, 4.69) is 229 Å². The van der Waals surface area contributed by atoms with Crippen LogP contribution in [0.3, 0.4) is 0 Å². The minimum atomic E-state index is -0.683. The molecule has 0 aliphatic heterocycles. The van der Waals surface area contributed by atoms with E-state index in [9.17, 15) is 9.59 Å². The quantitative estimate of drug-likeness (QED) is 0.0766. The van der Waals surface area contributed by atoms with Gasteiger partial charge in [0.15, 0.2) is 13.2 Å². The number of fused-ring (bicyclic) bond motifs is 8. The molecular weight excluding hydrogens is 1370 g/mol. The fraction of sp³-hybridized carbons (Fsp3) is 0.265. The van der Waals surface area contributed by atoms with Gasteiger partial charge in [0, 0.05) is 25.7 Å². The maximum Gasteiger partial charge on any atom is 0.363 e. The van der Waals surface area contributed by atoms with Crippen molar-refractivity contribution in [1.29, 1.82) is 0 Å². The molecule has 8 bridgehead atoms. The van der Waals surface area contributed by atoms with Crippen molar-refractivity contribution in [3.05, 3.63) is 307 Å². The van der Waals surface area contributed by atoms with Gasteiger partial charge in [-0.25, -0.2) is 9.59 Å². The number of benzene rings is 14. The molecule has 1 aliphatic carbocycles. The number of carbonyl (C=O) groups excluding carboxylic acids is 4. The number of carbonyl (C=O) groups is 4. The Morgan fingerprint density at radius 2 is 0.573 bits per heavy atom. The summed E-state index contributed by atoms with van der Waals surface area (Å²) in [4.78, 5) is 72.6. The van der Waals surface area contributed by atoms with Crippen molar-refractivity contribution in [1.82, 2.24) is 10.1 Å². The van der Waals surface area contributed by atoms with Crippen LogP contribution in [0, 0.1) is 0 Å². The van der Waals surface area contributed by atoms with Gasteiger partial charge < -0.3 is 28.6 Å². The van der Waals surface area contributed by atoms with Crippen molar-refractivity contribution in [2.75, 3.05) is 27.4 Å². The van der Waals surface area contributed by atoms with E-state index in [1.165, 1.54) is 0 Å². The highest BCUT2D eigenvalue weighted by atomic mass is 16.7. The fourth-order valence-electron chi connectivity index (χ4n) is 15.9. The van der Waals surface area contributed by atoms with Crippen molar-refractivity contribution in [3.63, 3.8) is 0 Å². The first kappa shape index (κ1) is 73.7. The lowest BCUT2D eigenvalue weighted by atomic mass is 9.79. The Bertz CT molecular complexity index is 5420. The fourth-order valence-corrected chi connectivity index (χ4v) is 15.9. The van der Waals surface area contributed by atoms with Gasteiger partial charge in [0.25, 0.3) is 11.8 Å². The summed E-state index contributed by atoms with van der Waals surface area (Å²) >= 11 is 0. The molecule has 2 amide bonds. The first-order chi connectivity index (χ1) is 52.6. The summed E-state index contributed by atoms with van der Waals surface area (Å²) in [5, 5.41) is 15.2. The molecule has 0 saturated heterocycles. The van der Waals surface area contributed by atoms with Gasteiger partial charge in [0.1, 0.15) is 23.0 Å². The van der Waals surface area contributed by atoms with Crippen molar-refractivity contribution in [3.8, 4) is 23.0 Å². The second kappa shape index (κ2) is 29.0. The lowest BCUT2D eigenvalue weighted by Crippen LogP contribution is -2.37. The largest absolute Gasteiger partial charge is 0.496 e. The lowest BCUT2D eigenvalue weighted by Gasteiger charge is -2.29. The SMILES string of the molecule is COc1c2cc(C(C)(C)C)cc1Cc1cc(C(C)(C)C)cc(c1OCC(=O)N(Cc1ccc3ccc4cccc5ccc1c3c45)OC(=O)c1ccccc1)Cc1cc(C(C)(C)C)cc(c1OC)Cc1cc(C(C)(C)C)cc(c1OCC(=O)N(Cc1ccc3ccc4cccc5ccc1c3c45)OC(=O)c1ccccc1)C2. The monoisotopic (exact) mass is 1460 g/mol. The van der Waals surface area contributed by atoms with Gasteiger partial charge in [-0.2, -0.15) is 10.1 Å². The van der Waals surface area contributed by atoms with Crippen LogP contribution < -0.4 is 18.9 Å². The molecule has 0 heterocycles. The lowest BCUT2D eigenvalue weighted by molar-refractivity contribution is -0.172. The summed E-state index contributed by atoms with van der Waals surface area (Å²) in [7, 11) is 3.42. The van der Waals surface area contributed by atoms with Gasteiger partial charge >= 0.3 is 11.9 Å². The molecule has 0 N–H and O–H groups in total. The minimum absolute atomic E-state index is 0.0643. The molecule has 14 aromatic rings. The van der Waals surface area contributed by atoms with Crippen molar-refractivity contribution in [2.24, 2.45) is 0 Å². The van der Waals surface area contributed by atoms with Gasteiger partial charge in [-0.05, 0) is 188 Å². The maximum absolute atomic E-state index is 15.7. The predicted octanol–water partition coefficient (Wildman–Crippen LogP) is 21.7. The average molecular weight is 1460 g/mol. The van der Waals surface area contributed by atoms with E-state index < -0.39 is 37.0 Å². The Kier molecular flexibility index (Phi) is 19.4. The van der Waals surface area contributed by atoms with E-state index in [0.717, 1.165) is 153 Å². The molecule has 0 fully saturated rings. The molecule has 0 atom stereocenters. The van der Waals surface area contributed by atoms with Gasteiger partial charge in [0.05, 0.1) is 38.4 Å². The molecule has 556 valence electrons. The van der Waals surface area contributed by atoms with Crippen LogP contribution in [0.2, 0.25) is 0 Å². The summed E-state index contributed by atoms with van der Waals surface area (Å²) in [5.74, 6) is -0.177. The predicted molar refractivity (Wildman–Crippen MR) is 441 cm³/mol. The molecular formula is C98H94N2O10. The molecule has 14 aromatic carbocycles. The van der Waals surface area contributed by atoms with E-state index >= 15 is 9.59 Å². The third-order valence-corrected chi connectivity index (χ3v) is 21.9. The number of nitrogens with zero attached hydrogens (tertiary/aromatic N) is 2. The van der Waals surface area contributed by atoms with E-state index in [1.54, 1.807) is 62.8 Å². The van der Waals surface area contributed by atoms with E-state index in [1.807, 2.05) is 24.3 Å².